The Morgan fingerprint density at radius 3 is 2.87 bits per heavy atom. The van der Waals surface area contributed by atoms with Gasteiger partial charge in [0.25, 0.3) is 0 Å². The summed E-state index contributed by atoms with van der Waals surface area (Å²) in [5.74, 6) is 0.511. The van der Waals surface area contributed by atoms with Crippen molar-refractivity contribution in [3.63, 3.8) is 0 Å². The zero-order valence-corrected chi connectivity index (χ0v) is 7.74. The standard InChI is InChI=1S/C9H7N5O/c15-7-10-6-14-12-9(11-13-14)8-4-2-1-3-5-8/h1-5H,6H2. The van der Waals surface area contributed by atoms with E-state index in [-0.39, 0.29) is 6.67 Å². The third-order valence-electron chi connectivity index (χ3n) is 1.75. The fraction of sp³-hybridized carbons (Fsp3) is 0.111. The van der Waals surface area contributed by atoms with E-state index in [1.807, 2.05) is 30.3 Å². The lowest BCUT2D eigenvalue weighted by molar-refractivity contribution is 0.522. The van der Waals surface area contributed by atoms with Crippen molar-refractivity contribution in [1.82, 2.24) is 20.2 Å². The van der Waals surface area contributed by atoms with Crippen molar-refractivity contribution in [3.05, 3.63) is 30.3 Å². The summed E-state index contributed by atoms with van der Waals surface area (Å²) < 4.78 is 0. The number of benzene rings is 1. The summed E-state index contributed by atoms with van der Waals surface area (Å²) in [5.41, 5.74) is 0.874. The summed E-state index contributed by atoms with van der Waals surface area (Å²) in [6, 6.07) is 9.44. The van der Waals surface area contributed by atoms with Gasteiger partial charge in [0, 0.05) is 5.56 Å². The van der Waals surface area contributed by atoms with Crippen LogP contribution in [0.4, 0.5) is 0 Å². The Hall–Kier alpha value is -2.33. The third kappa shape index (κ3) is 2.12. The fourth-order valence-electron chi connectivity index (χ4n) is 1.10. The molecule has 0 bridgehead atoms. The van der Waals surface area contributed by atoms with E-state index >= 15 is 0 Å². The van der Waals surface area contributed by atoms with E-state index < -0.39 is 0 Å². The molecule has 0 N–H and O–H groups in total. The quantitative estimate of drug-likeness (QED) is 0.539. The number of hydrogen-bond donors (Lipinski definition) is 0. The van der Waals surface area contributed by atoms with Crippen LogP contribution in [-0.2, 0) is 11.5 Å². The van der Waals surface area contributed by atoms with Crippen LogP contribution >= 0.6 is 0 Å². The van der Waals surface area contributed by atoms with Crippen LogP contribution in [0.5, 0.6) is 0 Å². The molecular weight excluding hydrogens is 194 g/mol. The van der Waals surface area contributed by atoms with Crippen LogP contribution < -0.4 is 0 Å². The Labute approximate surface area is 85.3 Å². The molecule has 0 aliphatic heterocycles. The van der Waals surface area contributed by atoms with Crippen LogP contribution in [0.15, 0.2) is 35.3 Å². The van der Waals surface area contributed by atoms with Gasteiger partial charge in [-0.2, -0.15) is 4.99 Å². The summed E-state index contributed by atoms with van der Waals surface area (Å²) >= 11 is 0. The molecule has 2 rings (SSSR count). The molecule has 0 radical (unpaired) electrons. The van der Waals surface area contributed by atoms with Gasteiger partial charge in [0.15, 0.2) is 6.67 Å². The summed E-state index contributed by atoms with van der Waals surface area (Å²) in [5, 5.41) is 11.6. The Balaban J connectivity index is 2.24. The first-order valence-corrected chi connectivity index (χ1v) is 4.27. The van der Waals surface area contributed by atoms with E-state index in [1.165, 1.54) is 10.9 Å². The molecule has 0 amide bonds. The topological polar surface area (TPSA) is 73.0 Å². The monoisotopic (exact) mass is 201 g/mol. The van der Waals surface area contributed by atoms with Crippen molar-refractivity contribution in [2.45, 2.75) is 6.67 Å². The number of aromatic nitrogens is 4. The molecule has 2 aromatic rings. The second kappa shape index (κ2) is 4.26. The van der Waals surface area contributed by atoms with Gasteiger partial charge in [-0.3, -0.25) is 0 Å². The number of aliphatic imine (C=N–C) groups is 1. The lowest BCUT2D eigenvalue weighted by Crippen LogP contribution is -1.99. The fourth-order valence-corrected chi connectivity index (χ4v) is 1.10. The molecule has 1 heterocycles. The average Bonchev–Trinajstić information content (AvgIpc) is 2.76. The maximum absolute atomic E-state index is 9.87. The van der Waals surface area contributed by atoms with Crippen LogP contribution in [0.1, 0.15) is 0 Å². The summed E-state index contributed by atoms with van der Waals surface area (Å²) in [7, 11) is 0. The minimum absolute atomic E-state index is 0.0450. The molecule has 15 heavy (non-hydrogen) atoms. The number of hydrogen-bond acceptors (Lipinski definition) is 5. The normalized spacial score (nSPS) is 9.60. The first-order chi connectivity index (χ1) is 7.40. The average molecular weight is 201 g/mol. The van der Waals surface area contributed by atoms with Gasteiger partial charge < -0.3 is 0 Å². The zero-order valence-electron chi connectivity index (χ0n) is 7.74. The lowest BCUT2D eigenvalue weighted by Gasteiger charge is -1.91. The van der Waals surface area contributed by atoms with Gasteiger partial charge in [-0.05, 0) is 5.21 Å². The molecule has 0 atom stereocenters. The number of isocyanates is 1. The van der Waals surface area contributed by atoms with Gasteiger partial charge in [0.2, 0.25) is 11.9 Å². The highest BCUT2D eigenvalue weighted by atomic mass is 16.1. The predicted molar refractivity (Wildman–Crippen MR) is 51.4 cm³/mol. The van der Waals surface area contributed by atoms with Crippen LogP contribution in [0.25, 0.3) is 11.4 Å². The van der Waals surface area contributed by atoms with E-state index in [9.17, 15) is 4.79 Å². The predicted octanol–water partition coefficient (Wildman–Crippen LogP) is 0.633. The Morgan fingerprint density at radius 2 is 2.13 bits per heavy atom. The second-order valence-electron chi connectivity index (χ2n) is 2.74. The van der Waals surface area contributed by atoms with Crippen molar-refractivity contribution in [1.29, 1.82) is 0 Å². The first kappa shape index (κ1) is 9.23. The van der Waals surface area contributed by atoms with Gasteiger partial charge in [0.05, 0.1) is 0 Å². The largest absolute Gasteiger partial charge is 0.236 e. The van der Waals surface area contributed by atoms with Crippen molar-refractivity contribution in [3.8, 4) is 11.4 Å². The smallest absolute Gasteiger partial charge is 0.211 e. The lowest BCUT2D eigenvalue weighted by atomic mass is 10.2. The minimum atomic E-state index is 0.0450. The van der Waals surface area contributed by atoms with Crippen molar-refractivity contribution in [2.24, 2.45) is 4.99 Å². The molecule has 0 fully saturated rings. The molecule has 0 aliphatic carbocycles. The molecular formula is C9H7N5O. The molecule has 0 spiro atoms. The molecule has 0 saturated heterocycles. The zero-order chi connectivity index (χ0) is 10.5. The molecule has 74 valence electrons. The second-order valence-corrected chi connectivity index (χ2v) is 2.74. The number of nitrogens with zero attached hydrogens (tertiary/aromatic N) is 5. The number of carbonyl (C=O) groups excluding carboxylic acids is 1. The molecule has 6 nitrogen and oxygen atoms in total. The van der Waals surface area contributed by atoms with Gasteiger partial charge in [-0.1, -0.05) is 30.3 Å². The Morgan fingerprint density at radius 1 is 1.33 bits per heavy atom. The molecule has 0 unspecified atom stereocenters. The van der Waals surface area contributed by atoms with Crippen molar-refractivity contribution in [2.75, 3.05) is 0 Å². The highest BCUT2D eigenvalue weighted by molar-refractivity contribution is 5.52. The van der Waals surface area contributed by atoms with Crippen LogP contribution in [0.3, 0.4) is 0 Å². The molecule has 1 aromatic carbocycles. The van der Waals surface area contributed by atoms with E-state index in [4.69, 9.17) is 0 Å². The Bertz CT molecular complexity index is 486. The van der Waals surface area contributed by atoms with Gasteiger partial charge >= 0.3 is 0 Å². The summed E-state index contributed by atoms with van der Waals surface area (Å²) in [6.07, 6.45) is 1.41. The Kier molecular flexibility index (Phi) is 2.62. The maximum atomic E-state index is 9.87. The molecule has 1 aromatic heterocycles. The van der Waals surface area contributed by atoms with Crippen LogP contribution in [0.2, 0.25) is 0 Å². The minimum Gasteiger partial charge on any atom is -0.211 e. The third-order valence-corrected chi connectivity index (χ3v) is 1.75. The van der Waals surface area contributed by atoms with Crippen LogP contribution in [0, 0.1) is 0 Å². The van der Waals surface area contributed by atoms with Crippen molar-refractivity contribution < 1.29 is 4.79 Å². The van der Waals surface area contributed by atoms with Gasteiger partial charge in [0.1, 0.15) is 0 Å². The number of tetrazole rings is 1. The molecule has 0 saturated carbocycles. The van der Waals surface area contributed by atoms with Gasteiger partial charge in [-0.15, -0.1) is 15.0 Å². The first-order valence-electron chi connectivity index (χ1n) is 4.27. The van der Waals surface area contributed by atoms with E-state index in [1.54, 1.807) is 0 Å². The van der Waals surface area contributed by atoms with E-state index in [0.29, 0.717) is 5.82 Å². The van der Waals surface area contributed by atoms with Crippen molar-refractivity contribution >= 4 is 6.08 Å². The maximum Gasteiger partial charge on any atom is 0.236 e. The summed E-state index contributed by atoms with van der Waals surface area (Å²) in [6.45, 7) is 0.0450. The number of rotatable bonds is 3. The SMILES string of the molecule is O=C=NCn1nnc(-c2ccccc2)n1. The highest BCUT2D eigenvalue weighted by Gasteiger charge is 2.03. The van der Waals surface area contributed by atoms with E-state index in [0.717, 1.165) is 5.56 Å². The van der Waals surface area contributed by atoms with Crippen LogP contribution in [-0.4, -0.2) is 26.3 Å². The van der Waals surface area contributed by atoms with Gasteiger partial charge in [-0.25, -0.2) is 4.79 Å². The summed E-state index contributed by atoms with van der Waals surface area (Å²) in [4.78, 5) is 14.4. The highest BCUT2D eigenvalue weighted by Crippen LogP contribution is 2.11. The molecule has 0 aliphatic rings. The van der Waals surface area contributed by atoms with E-state index in [2.05, 4.69) is 20.4 Å². The molecule has 6 heteroatoms.